The van der Waals surface area contributed by atoms with E-state index >= 15 is 0 Å². The fourth-order valence-electron chi connectivity index (χ4n) is 1.49. The highest BCUT2D eigenvalue weighted by Gasteiger charge is 2.13. The van der Waals surface area contributed by atoms with Gasteiger partial charge in [-0.15, -0.1) is 0 Å². The predicted octanol–water partition coefficient (Wildman–Crippen LogP) is 1.76. The monoisotopic (exact) mass is 204 g/mol. The molecule has 0 unspecified atom stereocenters. The highest BCUT2D eigenvalue weighted by molar-refractivity contribution is 5.75. The van der Waals surface area contributed by atoms with Crippen LogP contribution in [0.2, 0.25) is 0 Å². The van der Waals surface area contributed by atoms with Crippen molar-refractivity contribution in [3.8, 4) is 11.5 Å². The lowest BCUT2D eigenvalue weighted by atomic mass is 10.2. The van der Waals surface area contributed by atoms with E-state index in [-0.39, 0.29) is 5.75 Å². The van der Waals surface area contributed by atoms with E-state index in [1.165, 1.54) is 7.11 Å². The summed E-state index contributed by atoms with van der Waals surface area (Å²) in [6.07, 6.45) is 5.48. The first-order valence-corrected chi connectivity index (χ1v) is 4.62. The van der Waals surface area contributed by atoms with Gasteiger partial charge in [0, 0.05) is 12.4 Å². The largest absolute Gasteiger partial charge is 0.504 e. The summed E-state index contributed by atoms with van der Waals surface area (Å²) in [5.74, 6) is 0.609. The van der Waals surface area contributed by atoms with E-state index in [1.807, 2.05) is 23.2 Å². The molecule has 15 heavy (non-hydrogen) atoms. The van der Waals surface area contributed by atoms with Crippen molar-refractivity contribution in [3.63, 3.8) is 0 Å². The van der Waals surface area contributed by atoms with Crippen LogP contribution in [0.1, 0.15) is 0 Å². The summed E-state index contributed by atoms with van der Waals surface area (Å²) in [5.41, 5.74) is 0.811. The van der Waals surface area contributed by atoms with E-state index in [4.69, 9.17) is 4.74 Å². The van der Waals surface area contributed by atoms with Gasteiger partial charge in [-0.05, 0) is 18.2 Å². The summed E-state index contributed by atoms with van der Waals surface area (Å²) < 4.78 is 5.15. The molecule has 2 rings (SSSR count). The molecule has 4 nitrogen and oxygen atoms in total. The number of hydrogen-bond donors (Lipinski definition) is 1. The van der Waals surface area contributed by atoms with Gasteiger partial charge in [-0.2, -0.15) is 0 Å². The maximum absolute atomic E-state index is 9.61. The maximum atomic E-state index is 9.61. The first-order chi connectivity index (χ1) is 7.33. The second kappa shape index (κ2) is 4.04. The van der Waals surface area contributed by atoms with E-state index < -0.39 is 0 Å². The number of aromatic hydroxyl groups is 1. The molecule has 78 valence electrons. The smallest absolute Gasteiger partial charge is 0.184 e. The fourth-order valence-corrected chi connectivity index (χ4v) is 1.49. The zero-order valence-corrected chi connectivity index (χ0v) is 8.42. The molecule has 4 heteroatoms. The highest BCUT2D eigenvalue weighted by Crippen LogP contribution is 2.36. The van der Waals surface area contributed by atoms with Crippen LogP contribution in [-0.2, 0) is 0 Å². The maximum Gasteiger partial charge on any atom is 0.184 e. The van der Waals surface area contributed by atoms with Gasteiger partial charge in [0.25, 0.3) is 0 Å². The zero-order chi connectivity index (χ0) is 10.7. The quantitative estimate of drug-likeness (QED) is 0.798. The average molecular weight is 204 g/mol. The molecule has 0 atom stereocenters. The molecular formula is C11H12N2O2. The summed E-state index contributed by atoms with van der Waals surface area (Å²) in [6.45, 7) is 0.538. The Morgan fingerprint density at radius 1 is 1.47 bits per heavy atom. The Morgan fingerprint density at radius 3 is 3.00 bits per heavy atom. The molecular weight excluding hydrogens is 192 g/mol. The zero-order valence-electron chi connectivity index (χ0n) is 8.42. The topological polar surface area (TPSA) is 45.1 Å². The number of phenols is 1. The van der Waals surface area contributed by atoms with Crippen LogP contribution in [0.3, 0.4) is 0 Å². The number of aliphatic imine (C=N–C) groups is 1. The number of hydrogen-bond acceptors (Lipinski definition) is 4. The van der Waals surface area contributed by atoms with E-state index in [9.17, 15) is 5.11 Å². The predicted molar refractivity (Wildman–Crippen MR) is 59.6 cm³/mol. The second-order valence-corrected chi connectivity index (χ2v) is 3.11. The highest BCUT2D eigenvalue weighted by atomic mass is 16.5. The van der Waals surface area contributed by atoms with Crippen LogP contribution >= 0.6 is 0 Å². The minimum absolute atomic E-state index is 0.137. The number of para-hydroxylation sites is 1. The Balaban J connectivity index is 2.39. The van der Waals surface area contributed by atoms with Crippen molar-refractivity contribution in [1.29, 1.82) is 0 Å². The molecule has 0 fully saturated rings. The molecule has 0 aromatic heterocycles. The van der Waals surface area contributed by atoms with Gasteiger partial charge in [0.15, 0.2) is 11.5 Å². The van der Waals surface area contributed by atoms with E-state index in [0.717, 1.165) is 5.69 Å². The number of ether oxygens (including phenoxy) is 1. The number of methoxy groups -OCH3 is 1. The van der Waals surface area contributed by atoms with Crippen LogP contribution in [0.25, 0.3) is 0 Å². The molecule has 1 heterocycles. The second-order valence-electron chi connectivity index (χ2n) is 3.11. The van der Waals surface area contributed by atoms with Crippen molar-refractivity contribution < 1.29 is 9.84 Å². The molecule has 0 amide bonds. The number of allylic oxidation sites excluding steroid dienone is 1. The number of phenolic OH excluding ortho intramolecular Hbond substituents is 1. The van der Waals surface area contributed by atoms with Gasteiger partial charge in [0.05, 0.1) is 12.8 Å². The van der Waals surface area contributed by atoms with Crippen LogP contribution in [0.15, 0.2) is 35.5 Å². The van der Waals surface area contributed by atoms with Crippen molar-refractivity contribution in [2.45, 2.75) is 0 Å². The Labute approximate surface area is 88.1 Å². The molecule has 1 N–H and O–H groups in total. The summed E-state index contributed by atoms with van der Waals surface area (Å²) in [6, 6.07) is 5.25. The van der Waals surface area contributed by atoms with Gasteiger partial charge in [0.2, 0.25) is 0 Å². The number of nitrogens with zero attached hydrogens (tertiary/aromatic N) is 2. The molecule has 0 bridgehead atoms. The molecule has 0 saturated heterocycles. The minimum Gasteiger partial charge on any atom is -0.504 e. The molecule has 1 aliphatic rings. The van der Waals surface area contributed by atoms with Crippen LogP contribution in [0, 0.1) is 0 Å². The first-order valence-electron chi connectivity index (χ1n) is 4.62. The third-order valence-electron chi connectivity index (χ3n) is 2.18. The normalized spacial score (nSPS) is 14.3. The Kier molecular flexibility index (Phi) is 2.58. The third-order valence-corrected chi connectivity index (χ3v) is 2.18. The van der Waals surface area contributed by atoms with Gasteiger partial charge >= 0.3 is 0 Å². The van der Waals surface area contributed by atoms with Crippen LogP contribution in [-0.4, -0.2) is 25.1 Å². The van der Waals surface area contributed by atoms with Gasteiger partial charge in [-0.25, -0.2) is 0 Å². The number of benzene rings is 1. The van der Waals surface area contributed by atoms with Crippen molar-refractivity contribution in [1.82, 2.24) is 0 Å². The van der Waals surface area contributed by atoms with E-state index in [1.54, 1.807) is 18.3 Å². The Bertz CT molecular complexity index is 413. The summed E-state index contributed by atoms with van der Waals surface area (Å²) in [4.78, 5) is 6.02. The number of rotatable bonds is 2. The van der Waals surface area contributed by atoms with Crippen molar-refractivity contribution in [2.24, 2.45) is 4.99 Å². The SMILES string of the molecule is COc1c(O)cccc1N1C=CC=NC1. The molecule has 0 spiro atoms. The van der Waals surface area contributed by atoms with Gasteiger partial charge in [0.1, 0.15) is 6.67 Å². The minimum atomic E-state index is 0.137. The Hall–Kier alpha value is -1.97. The van der Waals surface area contributed by atoms with Crippen LogP contribution in [0.5, 0.6) is 11.5 Å². The lowest BCUT2D eigenvalue weighted by Crippen LogP contribution is -2.18. The lowest BCUT2D eigenvalue weighted by molar-refractivity contribution is 0.374. The first kappa shape index (κ1) is 9.58. The molecule has 0 aliphatic carbocycles. The fraction of sp³-hybridized carbons (Fsp3) is 0.182. The van der Waals surface area contributed by atoms with Crippen molar-refractivity contribution >= 4 is 11.9 Å². The van der Waals surface area contributed by atoms with Gasteiger partial charge in [-0.1, -0.05) is 6.07 Å². The average Bonchev–Trinajstić information content (AvgIpc) is 2.30. The molecule has 1 aliphatic heterocycles. The van der Waals surface area contributed by atoms with E-state index in [2.05, 4.69) is 4.99 Å². The number of anilines is 1. The lowest BCUT2D eigenvalue weighted by Gasteiger charge is -2.22. The summed E-state index contributed by atoms with van der Waals surface area (Å²) >= 11 is 0. The molecule has 0 saturated carbocycles. The molecule has 1 aromatic rings. The standard InChI is InChI=1S/C11H12N2O2/c1-15-11-9(4-2-5-10(11)14)13-7-3-6-12-8-13/h2-7,14H,8H2,1H3. The summed E-state index contributed by atoms with van der Waals surface area (Å²) in [7, 11) is 1.54. The van der Waals surface area contributed by atoms with Crippen LogP contribution in [0.4, 0.5) is 5.69 Å². The molecule has 1 aromatic carbocycles. The van der Waals surface area contributed by atoms with Gasteiger partial charge in [-0.3, -0.25) is 4.99 Å². The van der Waals surface area contributed by atoms with Crippen LogP contribution < -0.4 is 9.64 Å². The molecule has 0 radical (unpaired) electrons. The van der Waals surface area contributed by atoms with Crippen molar-refractivity contribution in [2.75, 3.05) is 18.7 Å². The van der Waals surface area contributed by atoms with Crippen molar-refractivity contribution in [3.05, 3.63) is 30.5 Å². The van der Waals surface area contributed by atoms with E-state index in [0.29, 0.717) is 12.4 Å². The third kappa shape index (κ3) is 1.79. The Morgan fingerprint density at radius 2 is 2.33 bits per heavy atom. The van der Waals surface area contributed by atoms with Gasteiger partial charge < -0.3 is 14.7 Å². The summed E-state index contributed by atoms with van der Waals surface area (Å²) in [5, 5.41) is 9.61.